The fraction of sp³-hybridized carbons (Fsp3) is 0.800. The number of hydrogen-bond acceptors (Lipinski definition) is 5. The van der Waals surface area contributed by atoms with Crippen molar-refractivity contribution in [2.45, 2.75) is 18.9 Å². The van der Waals surface area contributed by atoms with Gasteiger partial charge in [-0.25, -0.2) is 0 Å². The summed E-state index contributed by atoms with van der Waals surface area (Å²) in [5.74, 6) is -0.237. The maximum Gasteiger partial charge on any atom is 0.323 e. The minimum absolute atomic E-state index is 0.237. The molecular formula is C10H18N2O3. The fourth-order valence-electron chi connectivity index (χ4n) is 1.81. The molecule has 0 aromatic rings. The normalized spacial score (nSPS) is 19.5. The Morgan fingerprint density at radius 2 is 2.20 bits per heavy atom. The van der Waals surface area contributed by atoms with Crippen LogP contribution in [0.3, 0.4) is 0 Å². The van der Waals surface area contributed by atoms with Crippen LogP contribution in [0.4, 0.5) is 0 Å². The second-order valence-electron chi connectivity index (χ2n) is 3.57. The molecule has 1 aliphatic heterocycles. The van der Waals surface area contributed by atoms with Gasteiger partial charge in [0, 0.05) is 32.6 Å². The molecule has 1 heterocycles. The Morgan fingerprint density at radius 1 is 1.53 bits per heavy atom. The third-order valence-electron chi connectivity index (χ3n) is 2.62. The SMILES string of the molecule is COC(=O)C(CCC=O)N1CCNCC1. The van der Waals surface area contributed by atoms with E-state index in [1.54, 1.807) is 0 Å². The van der Waals surface area contributed by atoms with Crippen LogP contribution in [0.5, 0.6) is 0 Å². The van der Waals surface area contributed by atoms with Gasteiger partial charge in [0.25, 0.3) is 0 Å². The van der Waals surface area contributed by atoms with E-state index < -0.39 is 0 Å². The highest BCUT2D eigenvalue weighted by molar-refractivity contribution is 5.76. The number of hydrogen-bond donors (Lipinski definition) is 1. The lowest BCUT2D eigenvalue weighted by Gasteiger charge is -2.32. The van der Waals surface area contributed by atoms with Crippen molar-refractivity contribution in [1.29, 1.82) is 0 Å². The highest BCUT2D eigenvalue weighted by Crippen LogP contribution is 2.09. The number of rotatable bonds is 5. The highest BCUT2D eigenvalue weighted by Gasteiger charge is 2.27. The minimum Gasteiger partial charge on any atom is -0.468 e. The van der Waals surface area contributed by atoms with E-state index in [0.717, 1.165) is 32.5 Å². The van der Waals surface area contributed by atoms with Crippen molar-refractivity contribution < 1.29 is 14.3 Å². The molecule has 15 heavy (non-hydrogen) atoms. The molecule has 0 saturated carbocycles. The number of ether oxygens (including phenoxy) is 1. The van der Waals surface area contributed by atoms with E-state index in [1.807, 2.05) is 0 Å². The number of carbonyl (C=O) groups is 2. The average Bonchev–Trinajstić information content (AvgIpc) is 2.30. The first-order chi connectivity index (χ1) is 7.29. The molecule has 86 valence electrons. The van der Waals surface area contributed by atoms with Gasteiger partial charge >= 0.3 is 5.97 Å². The van der Waals surface area contributed by atoms with Gasteiger partial charge in [0.2, 0.25) is 0 Å². The topological polar surface area (TPSA) is 58.6 Å². The zero-order valence-corrected chi connectivity index (χ0v) is 9.07. The summed E-state index contributed by atoms with van der Waals surface area (Å²) in [5, 5.41) is 3.22. The summed E-state index contributed by atoms with van der Waals surface area (Å²) in [7, 11) is 1.39. The fourth-order valence-corrected chi connectivity index (χ4v) is 1.81. The van der Waals surface area contributed by atoms with Crippen molar-refractivity contribution in [3.8, 4) is 0 Å². The second kappa shape index (κ2) is 6.53. The number of nitrogens with zero attached hydrogens (tertiary/aromatic N) is 1. The van der Waals surface area contributed by atoms with Gasteiger partial charge in [-0.05, 0) is 6.42 Å². The Labute approximate surface area is 89.8 Å². The summed E-state index contributed by atoms with van der Waals surface area (Å²) in [6, 6.07) is -0.262. The number of esters is 1. The van der Waals surface area contributed by atoms with Crippen molar-refractivity contribution in [3.63, 3.8) is 0 Å². The Morgan fingerprint density at radius 3 is 2.73 bits per heavy atom. The zero-order valence-electron chi connectivity index (χ0n) is 9.07. The van der Waals surface area contributed by atoms with Crippen molar-refractivity contribution >= 4 is 12.3 Å². The number of carbonyl (C=O) groups excluding carboxylic acids is 2. The van der Waals surface area contributed by atoms with Gasteiger partial charge in [-0.1, -0.05) is 0 Å². The van der Waals surface area contributed by atoms with E-state index in [4.69, 9.17) is 4.74 Å². The van der Waals surface area contributed by atoms with Crippen molar-refractivity contribution in [2.75, 3.05) is 33.3 Å². The first-order valence-corrected chi connectivity index (χ1v) is 5.26. The zero-order chi connectivity index (χ0) is 11.1. The molecule has 1 fully saturated rings. The Hall–Kier alpha value is -0.940. The number of nitrogens with one attached hydrogen (secondary N) is 1. The van der Waals surface area contributed by atoms with Gasteiger partial charge in [-0.2, -0.15) is 0 Å². The van der Waals surface area contributed by atoms with Gasteiger partial charge in [-0.3, -0.25) is 9.69 Å². The minimum atomic E-state index is -0.262. The van der Waals surface area contributed by atoms with E-state index >= 15 is 0 Å². The molecule has 5 nitrogen and oxygen atoms in total. The molecule has 0 aromatic carbocycles. The van der Waals surface area contributed by atoms with Crippen LogP contribution in [0.15, 0.2) is 0 Å². The molecule has 1 saturated heterocycles. The molecule has 0 aromatic heterocycles. The monoisotopic (exact) mass is 214 g/mol. The molecule has 0 bridgehead atoms. The van der Waals surface area contributed by atoms with Crippen LogP contribution in [0, 0.1) is 0 Å². The van der Waals surface area contributed by atoms with E-state index in [2.05, 4.69) is 10.2 Å². The van der Waals surface area contributed by atoms with Gasteiger partial charge in [0.1, 0.15) is 12.3 Å². The van der Waals surface area contributed by atoms with Gasteiger partial charge in [0.15, 0.2) is 0 Å². The van der Waals surface area contributed by atoms with E-state index in [0.29, 0.717) is 12.8 Å². The summed E-state index contributed by atoms with van der Waals surface area (Å²) < 4.78 is 4.75. The molecule has 0 amide bonds. The number of piperazine rings is 1. The largest absolute Gasteiger partial charge is 0.468 e. The van der Waals surface area contributed by atoms with Crippen LogP contribution in [0.2, 0.25) is 0 Å². The third-order valence-corrected chi connectivity index (χ3v) is 2.62. The van der Waals surface area contributed by atoms with E-state index in [-0.39, 0.29) is 12.0 Å². The van der Waals surface area contributed by atoms with Crippen molar-refractivity contribution in [2.24, 2.45) is 0 Å². The lowest BCUT2D eigenvalue weighted by atomic mass is 10.1. The van der Waals surface area contributed by atoms with Crippen LogP contribution >= 0.6 is 0 Å². The predicted octanol–water partition coefficient (Wildman–Crippen LogP) is -0.588. The molecule has 1 aliphatic rings. The van der Waals surface area contributed by atoms with Gasteiger partial charge in [-0.15, -0.1) is 0 Å². The molecule has 1 atom stereocenters. The average molecular weight is 214 g/mol. The molecule has 0 radical (unpaired) electrons. The first kappa shape index (κ1) is 12.1. The quantitative estimate of drug-likeness (QED) is 0.490. The molecular weight excluding hydrogens is 196 g/mol. The lowest BCUT2D eigenvalue weighted by molar-refractivity contribution is -0.147. The predicted molar refractivity (Wildman–Crippen MR) is 55.5 cm³/mol. The molecule has 1 rings (SSSR count). The van der Waals surface area contributed by atoms with E-state index in [1.165, 1.54) is 7.11 Å². The Balaban J connectivity index is 2.52. The van der Waals surface area contributed by atoms with Crippen LogP contribution < -0.4 is 5.32 Å². The van der Waals surface area contributed by atoms with Crippen molar-refractivity contribution in [1.82, 2.24) is 10.2 Å². The summed E-state index contributed by atoms with van der Waals surface area (Å²) in [6.45, 7) is 3.43. The van der Waals surface area contributed by atoms with Crippen LogP contribution in [0.1, 0.15) is 12.8 Å². The standard InChI is InChI=1S/C10H18N2O3/c1-15-10(14)9(3-2-8-13)12-6-4-11-5-7-12/h8-9,11H,2-7H2,1H3. The molecule has 0 aliphatic carbocycles. The molecule has 0 spiro atoms. The van der Waals surface area contributed by atoms with Gasteiger partial charge < -0.3 is 14.8 Å². The highest BCUT2D eigenvalue weighted by atomic mass is 16.5. The van der Waals surface area contributed by atoms with Crippen LogP contribution in [0.25, 0.3) is 0 Å². The molecule has 5 heteroatoms. The maximum absolute atomic E-state index is 11.5. The third kappa shape index (κ3) is 3.60. The van der Waals surface area contributed by atoms with Gasteiger partial charge in [0.05, 0.1) is 7.11 Å². The Kier molecular flexibility index (Phi) is 5.28. The molecule has 1 N–H and O–H groups in total. The summed E-state index contributed by atoms with van der Waals surface area (Å²) in [5.41, 5.74) is 0. The smallest absolute Gasteiger partial charge is 0.323 e. The Bertz CT molecular complexity index is 215. The van der Waals surface area contributed by atoms with Crippen LogP contribution in [-0.2, 0) is 14.3 Å². The number of aldehydes is 1. The summed E-state index contributed by atoms with van der Waals surface area (Å²) in [4.78, 5) is 23.9. The maximum atomic E-state index is 11.5. The lowest BCUT2D eigenvalue weighted by Crippen LogP contribution is -2.51. The van der Waals surface area contributed by atoms with E-state index in [9.17, 15) is 9.59 Å². The van der Waals surface area contributed by atoms with Crippen molar-refractivity contribution in [3.05, 3.63) is 0 Å². The second-order valence-corrected chi connectivity index (χ2v) is 3.57. The summed E-state index contributed by atoms with van der Waals surface area (Å²) >= 11 is 0. The molecule has 1 unspecified atom stereocenters. The summed E-state index contributed by atoms with van der Waals surface area (Å²) in [6.07, 6.45) is 1.80. The van der Waals surface area contributed by atoms with Crippen LogP contribution in [-0.4, -0.2) is 56.5 Å². The first-order valence-electron chi connectivity index (χ1n) is 5.26. The number of methoxy groups -OCH3 is 1.